The van der Waals surface area contributed by atoms with Crippen molar-refractivity contribution in [3.05, 3.63) is 29.3 Å². The number of benzene rings is 1. The summed E-state index contributed by atoms with van der Waals surface area (Å²) in [6.07, 6.45) is 0.899. The fraction of sp³-hybridized carbons (Fsp3) is 0.500. The smallest absolute Gasteiger partial charge is 0.233 e. The molecule has 1 aliphatic heterocycles. The number of carbonyl (C=O) groups excluding carboxylic acids is 1. The Labute approximate surface area is 132 Å². The number of hydrogen-bond donors (Lipinski definition) is 1. The molecule has 1 N–H and O–H groups in total. The number of hydroxylamine groups is 2. The van der Waals surface area contributed by atoms with Crippen molar-refractivity contribution < 1.29 is 18.4 Å². The molecule has 1 amide bonds. The lowest BCUT2D eigenvalue weighted by Crippen LogP contribution is -2.50. The summed E-state index contributed by atoms with van der Waals surface area (Å²) in [5.74, 6) is -0.323. The van der Waals surface area contributed by atoms with Crippen molar-refractivity contribution in [2.45, 2.75) is 32.4 Å². The molecule has 2 rings (SSSR count). The molecule has 0 saturated heterocycles. The van der Waals surface area contributed by atoms with E-state index in [1.165, 1.54) is 23.7 Å². The molecule has 0 aromatic heterocycles. The van der Waals surface area contributed by atoms with Gasteiger partial charge in [0.2, 0.25) is 16.4 Å². The Morgan fingerprint density at radius 1 is 1.41 bits per heavy atom. The highest BCUT2D eigenvalue weighted by Gasteiger charge is 2.36. The summed E-state index contributed by atoms with van der Waals surface area (Å²) in [4.78, 5) is 10.7. The van der Waals surface area contributed by atoms with Crippen LogP contribution in [0, 0.1) is 0 Å². The minimum Gasteiger partial charge on any atom is -0.286 e. The molecule has 0 saturated carbocycles. The summed E-state index contributed by atoms with van der Waals surface area (Å²) in [7, 11) is -1.60. The molecule has 1 aliphatic rings. The fourth-order valence-electron chi connectivity index (χ4n) is 2.64. The zero-order valence-electron chi connectivity index (χ0n) is 13.1. The molecule has 0 atom stereocenters. The average Bonchev–Trinajstić information content (AvgIpc) is 2.44. The van der Waals surface area contributed by atoms with E-state index in [1.54, 1.807) is 0 Å². The number of nitrogens with zero attached hydrogens (tertiary/aromatic N) is 2. The van der Waals surface area contributed by atoms with Gasteiger partial charge < -0.3 is 0 Å². The summed E-state index contributed by atoms with van der Waals surface area (Å²) in [5.41, 5.74) is 2.12. The van der Waals surface area contributed by atoms with E-state index in [1.807, 2.05) is 26.0 Å². The summed E-state index contributed by atoms with van der Waals surface area (Å²) in [6.45, 7) is 3.78. The van der Waals surface area contributed by atoms with Crippen LogP contribution in [0.25, 0.3) is 0 Å². The van der Waals surface area contributed by atoms with E-state index in [2.05, 4.69) is 0 Å². The molecule has 1 heterocycles. The van der Waals surface area contributed by atoms with E-state index in [0.717, 1.165) is 11.0 Å². The maximum absolute atomic E-state index is 12.6. The van der Waals surface area contributed by atoms with Gasteiger partial charge in [-0.05, 0) is 31.4 Å². The minimum atomic E-state index is -3.58. The van der Waals surface area contributed by atoms with Crippen molar-refractivity contribution in [3.8, 4) is 0 Å². The molecule has 0 aliphatic carbocycles. The summed E-state index contributed by atoms with van der Waals surface area (Å²) in [6, 6.07) is 6.08. The minimum absolute atomic E-state index is 0.227. The van der Waals surface area contributed by atoms with Crippen molar-refractivity contribution in [1.29, 1.82) is 0 Å². The van der Waals surface area contributed by atoms with E-state index < -0.39 is 15.6 Å². The number of fused-ring (bicyclic) bond motifs is 1. The second-order valence-corrected chi connectivity index (χ2v) is 8.34. The van der Waals surface area contributed by atoms with Gasteiger partial charge in [-0.3, -0.25) is 10.0 Å². The van der Waals surface area contributed by atoms with Gasteiger partial charge in [0.1, 0.15) is 7.85 Å². The average molecular weight is 324 g/mol. The summed E-state index contributed by atoms with van der Waals surface area (Å²) >= 11 is 0. The molecule has 0 bridgehead atoms. The van der Waals surface area contributed by atoms with E-state index >= 15 is 0 Å². The molecule has 8 heteroatoms. The molecule has 0 fully saturated rings. The normalized spacial score (nSPS) is 16.1. The molecule has 22 heavy (non-hydrogen) atoms. The first-order chi connectivity index (χ1) is 10.2. The van der Waals surface area contributed by atoms with Gasteiger partial charge in [0.15, 0.2) is 0 Å². The van der Waals surface area contributed by atoms with Gasteiger partial charge in [-0.15, -0.1) is 0 Å². The molecule has 0 radical (unpaired) electrons. The highest BCUT2D eigenvalue weighted by Crippen LogP contribution is 2.23. The first-order valence-electron chi connectivity index (χ1n) is 7.15. The largest absolute Gasteiger partial charge is 0.286 e. The predicted octanol–water partition coefficient (Wildman–Crippen LogP) is -0.741. The first-order valence-corrected chi connectivity index (χ1v) is 8.76. The van der Waals surface area contributed by atoms with Crippen LogP contribution in [0.1, 0.15) is 25.0 Å². The standard InChI is InChI=1S/C14H21BN2O4S/c1-14(2,17(19)10-18)9-22(20,21)16-6-5-11-3-4-13(15)7-12(11)8-16/h3-4,7,10,19H,5-6,8-9,15H2,1-2H3. The Bertz CT molecular complexity index is 675. The van der Waals surface area contributed by atoms with E-state index in [9.17, 15) is 18.4 Å². The number of rotatable bonds is 5. The second-order valence-electron chi connectivity index (χ2n) is 6.37. The Morgan fingerprint density at radius 3 is 2.73 bits per heavy atom. The van der Waals surface area contributed by atoms with Crippen LogP contribution < -0.4 is 5.46 Å². The van der Waals surface area contributed by atoms with Crippen molar-refractivity contribution in [1.82, 2.24) is 9.37 Å². The van der Waals surface area contributed by atoms with Crippen LogP contribution in [0.5, 0.6) is 0 Å². The molecule has 0 unspecified atom stereocenters. The predicted molar refractivity (Wildman–Crippen MR) is 86.3 cm³/mol. The Kier molecular flexibility index (Phi) is 4.65. The third-order valence-corrected chi connectivity index (χ3v) is 6.16. The zero-order valence-corrected chi connectivity index (χ0v) is 13.9. The highest BCUT2D eigenvalue weighted by atomic mass is 32.2. The van der Waals surface area contributed by atoms with Gasteiger partial charge in [0.05, 0.1) is 11.3 Å². The van der Waals surface area contributed by atoms with Gasteiger partial charge >= 0.3 is 0 Å². The van der Waals surface area contributed by atoms with Crippen LogP contribution in [0.4, 0.5) is 0 Å². The van der Waals surface area contributed by atoms with Crippen molar-refractivity contribution >= 4 is 29.7 Å². The quantitative estimate of drug-likeness (QED) is 0.335. The zero-order chi connectivity index (χ0) is 16.5. The molecule has 120 valence electrons. The molecule has 1 aromatic carbocycles. The molecular weight excluding hydrogens is 303 g/mol. The van der Waals surface area contributed by atoms with Crippen LogP contribution in [-0.4, -0.2) is 55.1 Å². The monoisotopic (exact) mass is 324 g/mol. The second kappa shape index (κ2) is 6.02. The van der Waals surface area contributed by atoms with Crippen LogP contribution in [0.2, 0.25) is 0 Å². The lowest BCUT2D eigenvalue weighted by molar-refractivity contribution is -0.170. The fourth-order valence-corrected chi connectivity index (χ4v) is 4.56. The topological polar surface area (TPSA) is 77.9 Å². The summed E-state index contributed by atoms with van der Waals surface area (Å²) < 4.78 is 26.6. The maximum atomic E-state index is 12.6. The third-order valence-electron chi connectivity index (χ3n) is 3.99. The van der Waals surface area contributed by atoms with Crippen LogP contribution >= 0.6 is 0 Å². The maximum Gasteiger partial charge on any atom is 0.233 e. The van der Waals surface area contributed by atoms with Crippen molar-refractivity contribution in [3.63, 3.8) is 0 Å². The number of hydrogen-bond acceptors (Lipinski definition) is 4. The van der Waals surface area contributed by atoms with Gasteiger partial charge in [-0.2, -0.15) is 4.31 Å². The van der Waals surface area contributed by atoms with Gasteiger partial charge in [-0.1, -0.05) is 23.7 Å². The van der Waals surface area contributed by atoms with E-state index in [0.29, 0.717) is 24.6 Å². The Balaban J connectivity index is 2.20. The lowest BCUT2D eigenvalue weighted by Gasteiger charge is -2.34. The van der Waals surface area contributed by atoms with Gasteiger partial charge in [0.25, 0.3) is 0 Å². The van der Waals surface area contributed by atoms with Crippen LogP contribution in [0.15, 0.2) is 18.2 Å². The van der Waals surface area contributed by atoms with Gasteiger partial charge in [0, 0.05) is 13.1 Å². The van der Waals surface area contributed by atoms with Crippen molar-refractivity contribution in [2.75, 3.05) is 12.3 Å². The SMILES string of the molecule is Bc1ccc2c(c1)CN(S(=O)(=O)CC(C)(C)N(O)C=O)CC2. The molecule has 6 nitrogen and oxygen atoms in total. The molecular formula is C14H21BN2O4S. The van der Waals surface area contributed by atoms with Crippen LogP contribution in [0.3, 0.4) is 0 Å². The van der Waals surface area contributed by atoms with Gasteiger partial charge in [-0.25, -0.2) is 13.5 Å². The Morgan fingerprint density at radius 2 is 2.09 bits per heavy atom. The highest BCUT2D eigenvalue weighted by molar-refractivity contribution is 7.89. The Hall–Kier alpha value is -1.38. The lowest BCUT2D eigenvalue weighted by atomic mass is 9.90. The number of carbonyl (C=O) groups is 1. The van der Waals surface area contributed by atoms with Crippen LogP contribution in [-0.2, 0) is 27.8 Å². The van der Waals surface area contributed by atoms with Crippen molar-refractivity contribution in [2.24, 2.45) is 0 Å². The summed E-state index contributed by atoms with van der Waals surface area (Å²) in [5, 5.41) is 9.93. The molecule has 0 spiro atoms. The number of amides is 1. The first kappa shape index (κ1) is 17.0. The van der Waals surface area contributed by atoms with E-state index in [-0.39, 0.29) is 12.2 Å². The van der Waals surface area contributed by atoms with E-state index in [4.69, 9.17) is 0 Å². The number of sulfonamides is 1. The molecule has 1 aromatic rings. The third kappa shape index (κ3) is 3.51.